The molecule has 0 unspecified atom stereocenters. The van der Waals surface area contributed by atoms with Gasteiger partial charge in [-0.1, -0.05) is 60.9 Å². The number of aromatic nitrogens is 1. The lowest BCUT2D eigenvalue weighted by Crippen LogP contribution is -2.35. The summed E-state index contributed by atoms with van der Waals surface area (Å²) in [6.45, 7) is 9.06. The van der Waals surface area contributed by atoms with Gasteiger partial charge in [-0.25, -0.2) is 0 Å². The first kappa shape index (κ1) is 26.9. The lowest BCUT2D eigenvalue weighted by Gasteiger charge is -2.32. The zero-order valence-electron chi connectivity index (χ0n) is 21.7. The van der Waals surface area contributed by atoms with Gasteiger partial charge in [0.15, 0.2) is 0 Å². The number of amides is 2. The maximum absolute atomic E-state index is 12.9. The number of likely N-dealkylation sites (tertiary alicyclic amines) is 1. The summed E-state index contributed by atoms with van der Waals surface area (Å²) < 4.78 is 5.31. The van der Waals surface area contributed by atoms with E-state index < -0.39 is 0 Å². The van der Waals surface area contributed by atoms with Crippen LogP contribution in [0.1, 0.15) is 60.7 Å². The third-order valence-electron chi connectivity index (χ3n) is 6.89. The Morgan fingerprint density at radius 3 is 2.62 bits per heavy atom. The van der Waals surface area contributed by atoms with E-state index in [-0.39, 0.29) is 17.7 Å². The predicted octanol–water partition coefficient (Wildman–Crippen LogP) is 5.90. The molecule has 1 aliphatic heterocycles. The number of rotatable bonds is 9. The zero-order valence-corrected chi connectivity index (χ0v) is 22.5. The fourth-order valence-corrected chi connectivity index (χ4v) is 4.94. The molecule has 4 rings (SSSR count). The highest BCUT2D eigenvalue weighted by molar-refractivity contribution is 6.33. The van der Waals surface area contributed by atoms with Crippen LogP contribution in [0.4, 0.5) is 5.69 Å². The monoisotopic (exact) mass is 522 g/mol. The number of carbonyl (C=O) groups excluding carboxylic acids is 2. The number of aryl methyl sites for hydroxylation is 1. The molecular weight excluding hydrogens is 488 g/mol. The van der Waals surface area contributed by atoms with Gasteiger partial charge in [-0.2, -0.15) is 0 Å². The summed E-state index contributed by atoms with van der Waals surface area (Å²) >= 11 is 6.31. The molecule has 0 spiro atoms. The number of halogens is 1. The van der Waals surface area contributed by atoms with Gasteiger partial charge in [0.1, 0.15) is 17.0 Å². The van der Waals surface area contributed by atoms with E-state index in [0.717, 1.165) is 44.6 Å². The van der Waals surface area contributed by atoms with Gasteiger partial charge in [0.25, 0.3) is 5.91 Å². The molecule has 8 heteroatoms. The first-order valence-corrected chi connectivity index (χ1v) is 13.3. The van der Waals surface area contributed by atoms with Crippen molar-refractivity contribution in [3.8, 4) is 11.3 Å². The third-order valence-corrected chi connectivity index (χ3v) is 7.22. The topological polar surface area (TPSA) is 87.5 Å². The lowest BCUT2D eigenvalue weighted by molar-refractivity contribution is -0.118. The van der Waals surface area contributed by atoms with Gasteiger partial charge >= 0.3 is 0 Å². The van der Waals surface area contributed by atoms with E-state index >= 15 is 0 Å². The number of piperidine rings is 1. The van der Waals surface area contributed by atoms with Crippen molar-refractivity contribution in [2.24, 2.45) is 5.92 Å². The van der Waals surface area contributed by atoms with Crippen LogP contribution in [-0.4, -0.2) is 48.0 Å². The van der Waals surface area contributed by atoms with Crippen LogP contribution in [-0.2, 0) is 4.79 Å². The predicted molar refractivity (Wildman–Crippen MR) is 147 cm³/mol. The summed E-state index contributed by atoms with van der Waals surface area (Å²) in [5.74, 6) is 0.769. The number of anilines is 1. The van der Waals surface area contributed by atoms with Gasteiger partial charge < -0.3 is 20.1 Å². The quantitative estimate of drug-likeness (QED) is 0.342. The van der Waals surface area contributed by atoms with Crippen molar-refractivity contribution in [3.63, 3.8) is 0 Å². The van der Waals surface area contributed by atoms with Crippen molar-refractivity contribution < 1.29 is 14.1 Å². The summed E-state index contributed by atoms with van der Waals surface area (Å²) in [6, 6.07) is 15.5. The summed E-state index contributed by atoms with van der Waals surface area (Å²) in [5, 5.41) is 10.6. The average Bonchev–Trinajstić information content (AvgIpc) is 3.28. The number of hydrogen-bond acceptors (Lipinski definition) is 5. The Labute approximate surface area is 223 Å². The zero-order chi connectivity index (χ0) is 26.4. The summed E-state index contributed by atoms with van der Waals surface area (Å²) in [4.78, 5) is 27.4. The van der Waals surface area contributed by atoms with Crippen molar-refractivity contribution in [1.29, 1.82) is 0 Å². The van der Waals surface area contributed by atoms with Crippen LogP contribution >= 0.6 is 11.6 Å². The molecule has 3 aromatic rings. The van der Waals surface area contributed by atoms with E-state index in [1.54, 1.807) is 13.0 Å². The highest BCUT2D eigenvalue weighted by Crippen LogP contribution is 2.31. The molecule has 1 aliphatic rings. The summed E-state index contributed by atoms with van der Waals surface area (Å²) in [7, 11) is 0. The van der Waals surface area contributed by atoms with Gasteiger partial charge in [-0.3, -0.25) is 9.59 Å². The van der Waals surface area contributed by atoms with Gasteiger partial charge in [0, 0.05) is 23.7 Å². The largest absolute Gasteiger partial charge is 0.360 e. The van der Waals surface area contributed by atoms with Gasteiger partial charge in [-0.15, -0.1) is 0 Å². The third kappa shape index (κ3) is 6.79. The van der Waals surface area contributed by atoms with E-state index in [1.165, 1.54) is 5.56 Å². The van der Waals surface area contributed by atoms with E-state index in [1.807, 2.05) is 44.2 Å². The Morgan fingerprint density at radius 1 is 1.14 bits per heavy atom. The van der Waals surface area contributed by atoms with Crippen LogP contribution in [0.25, 0.3) is 11.3 Å². The number of nitrogens with zero attached hydrogens (tertiary/aromatic N) is 2. The Balaban J connectivity index is 1.23. The van der Waals surface area contributed by atoms with Crippen LogP contribution in [0.2, 0.25) is 5.02 Å². The Morgan fingerprint density at radius 2 is 1.89 bits per heavy atom. The fourth-order valence-electron chi connectivity index (χ4n) is 4.72. The SMILES string of the molecule is Cc1onc(-c2ccccc2Cl)c1C(=O)NCCCN1CCC(c2cccc(NC(=O)C(C)C)c2)CC1. The van der Waals surface area contributed by atoms with Crippen molar-refractivity contribution >= 4 is 29.1 Å². The molecule has 2 aromatic carbocycles. The second-order valence-electron chi connectivity index (χ2n) is 9.94. The molecule has 0 radical (unpaired) electrons. The molecule has 1 aromatic heterocycles. The Bertz CT molecular complexity index is 1230. The van der Waals surface area contributed by atoms with Crippen LogP contribution in [0.3, 0.4) is 0 Å². The second kappa shape index (κ2) is 12.4. The van der Waals surface area contributed by atoms with E-state index in [9.17, 15) is 9.59 Å². The number of carbonyl (C=O) groups is 2. The maximum atomic E-state index is 12.9. The normalized spacial score (nSPS) is 14.6. The number of nitrogens with one attached hydrogen (secondary N) is 2. The minimum Gasteiger partial charge on any atom is -0.360 e. The fraction of sp³-hybridized carbons (Fsp3) is 0.414. The Hall–Kier alpha value is -3.16. The molecule has 0 atom stereocenters. The smallest absolute Gasteiger partial charge is 0.257 e. The minimum atomic E-state index is -0.197. The molecule has 2 heterocycles. The molecule has 1 fully saturated rings. The van der Waals surface area contributed by atoms with Crippen LogP contribution < -0.4 is 10.6 Å². The molecule has 2 amide bonds. The Kier molecular flexibility index (Phi) is 9.00. The summed E-state index contributed by atoms with van der Waals surface area (Å²) in [5.41, 5.74) is 3.74. The minimum absolute atomic E-state index is 0.0401. The maximum Gasteiger partial charge on any atom is 0.257 e. The standard InChI is InChI=1S/C29H35ClN4O3/c1-19(2)28(35)32-23-9-6-8-22(18-23)21-12-16-34(17-13-21)15-7-14-31-29(36)26-20(3)37-33-27(26)24-10-4-5-11-25(24)30/h4-6,8-11,18-19,21H,7,12-17H2,1-3H3,(H,31,36)(H,32,35). The molecule has 2 N–H and O–H groups in total. The molecule has 7 nitrogen and oxygen atoms in total. The van der Waals surface area contributed by atoms with Crippen molar-refractivity contribution in [2.45, 2.75) is 46.0 Å². The number of hydrogen-bond donors (Lipinski definition) is 2. The lowest BCUT2D eigenvalue weighted by atomic mass is 9.89. The van der Waals surface area contributed by atoms with E-state index in [2.05, 4.69) is 32.8 Å². The van der Waals surface area contributed by atoms with Crippen LogP contribution in [0.15, 0.2) is 53.1 Å². The highest BCUT2D eigenvalue weighted by Gasteiger charge is 2.24. The van der Waals surface area contributed by atoms with E-state index in [0.29, 0.717) is 40.1 Å². The van der Waals surface area contributed by atoms with Crippen molar-refractivity contribution in [2.75, 3.05) is 31.5 Å². The molecule has 0 aliphatic carbocycles. The van der Waals surface area contributed by atoms with Gasteiger partial charge in [0.05, 0.1) is 5.02 Å². The first-order valence-electron chi connectivity index (χ1n) is 13.0. The highest BCUT2D eigenvalue weighted by atomic mass is 35.5. The van der Waals surface area contributed by atoms with Crippen LogP contribution in [0.5, 0.6) is 0 Å². The molecular formula is C29H35ClN4O3. The first-order chi connectivity index (χ1) is 17.8. The molecule has 196 valence electrons. The van der Waals surface area contributed by atoms with Crippen LogP contribution in [0, 0.1) is 12.8 Å². The summed E-state index contributed by atoms with van der Waals surface area (Å²) in [6.07, 6.45) is 3.02. The average molecular weight is 523 g/mol. The van der Waals surface area contributed by atoms with Gasteiger partial charge in [-0.05, 0) is 75.5 Å². The second-order valence-corrected chi connectivity index (χ2v) is 10.3. The van der Waals surface area contributed by atoms with Crippen molar-refractivity contribution in [3.05, 3.63) is 70.4 Å². The molecule has 1 saturated heterocycles. The van der Waals surface area contributed by atoms with E-state index in [4.69, 9.17) is 16.1 Å². The van der Waals surface area contributed by atoms with Gasteiger partial charge in [0.2, 0.25) is 5.91 Å². The molecule has 0 bridgehead atoms. The van der Waals surface area contributed by atoms with Crippen molar-refractivity contribution in [1.82, 2.24) is 15.4 Å². The molecule has 0 saturated carbocycles. The molecule has 37 heavy (non-hydrogen) atoms. The number of benzene rings is 2.